The molecule has 0 saturated heterocycles. The zero-order chi connectivity index (χ0) is 14.7. The van der Waals surface area contributed by atoms with E-state index in [0.29, 0.717) is 27.8 Å². The van der Waals surface area contributed by atoms with Crippen LogP contribution in [0.15, 0.2) is 28.7 Å². The number of aryl methyl sites for hydroxylation is 1. The summed E-state index contributed by atoms with van der Waals surface area (Å²) < 4.78 is 15.7. The van der Waals surface area contributed by atoms with Crippen molar-refractivity contribution in [3.63, 3.8) is 0 Å². The van der Waals surface area contributed by atoms with E-state index in [0.717, 1.165) is 0 Å². The van der Waals surface area contributed by atoms with Gasteiger partial charge < -0.3 is 19.0 Å². The molecule has 6 heteroatoms. The van der Waals surface area contributed by atoms with Gasteiger partial charge in [-0.25, -0.2) is 4.79 Å². The number of methoxy groups -OCH3 is 1. The topological polar surface area (TPSA) is 68.9 Å². The molecule has 2 rings (SSSR count). The molecule has 0 fully saturated rings. The first kappa shape index (κ1) is 14.3. The van der Waals surface area contributed by atoms with Gasteiger partial charge in [-0.2, -0.15) is 0 Å². The molecule has 5 nitrogen and oxygen atoms in total. The molecule has 0 atom stereocenters. The standard InChI is InChI=1S/C14H13ClO5/c1-8-9(5-13(20-8)14(16)17)7-19-12-4-3-10(18-2)6-11(12)15/h3-6H,7H2,1-2H3,(H,16,17). The number of hydrogen-bond donors (Lipinski definition) is 1. The molecule has 0 aliphatic rings. The number of rotatable bonds is 5. The lowest BCUT2D eigenvalue weighted by Crippen LogP contribution is -1.97. The lowest BCUT2D eigenvalue weighted by atomic mass is 10.2. The number of aromatic carboxylic acids is 1. The second-order valence-corrected chi connectivity index (χ2v) is 4.49. The molecule has 1 aromatic carbocycles. The van der Waals surface area contributed by atoms with Gasteiger partial charge in [0.15, 0.2) is 0 Å². The normalized spacial score (nSPS) is 10.3. The summed E-state index contributed by atoms with van der Waals surface area (Å²) in [4.78, 5) is 10.8. The van der Waals surface area contributed by atoms with Crippen LogP contribution < -0.4 is 9.47 Å². The molecule has 1 aromatic heterocycles. The van der Waals surface area contributed by atoms with Crippen molar-refractivity contribution in [1.82, 2.24) is 0 Å². The minimum atomic E-state index is -1.11. The summed E-state index contributed by atoms with van der Waals surface area (Å²) in [5.74, 6) is 0.413. The van der Waals surface area contributed by atoms with Crippen molar-refractivity contribution in [2.45, 2.75) is 13.5 Å². The van der Waals surface area contributed by atoms with Crippen LogP contribution in [0.1, 0.15) is 21.9 Å². The van der Waals surface area contributed by atoms with Crippen molar-refractivity contribution in [3.8, 4) is 11.5 Å². The average Bonchev–Trinajstić information content (AvgIpc) is 2.79. The first-order valence-electron chi connectivity index (χ1n) is 5.80. The fraction of sp³-hybridized carbons (Fsp3) is 0.214. The van der Waals surface area contributed by atoms with Crippen LogP contribution in [0, 0.1) is 6.92 Å². The third kappa shape index (κ3) is 3.05. The molecule has 0 aliphatic heterocycles. The minimum Gasteiger partial charge on any atom is -0.497 e. The summed E-state index contributed by atoms with van der Waals surface area (Å²) in [6.07, 6.45) is 0. The van der Waals surface area contributed by atoms with Crippen LogP contribution in [0.5, 0.6) is 11.5 Å². The lowest BCUT2D eigenvalue weighted by molar-refractivity contribution is 0.0661. The van der Waals surface area contributed by atoms with E-state index in [9.17, 15) is 4.79 Å². The number of carbonyl (C=O) groups is 1. The fourth-order valence-corrected chi connectivity index (χ4v) is 1.87. The number of furan rings is 1. The smallest absolute Gasteiger partial charge is 0.371 e. The van der Waals surface area contributed by atoms with E-state index in [4.69, 9.17) is 30.6 Å². The predicted octanol–water partition coefficient (Wildman–Crippen LogP) is 3.53. The Morgan fingerprint density at radius 2 is 2.15 bits per heavy atom. The van der Waals surface area contributed by atoms with Gasteiger partial charge >= 0.3 is 5.97 Å². The molecule has 0 aliphatic carbocycles. The minimum absolute atomic E-state index is 0.109. The molecule has 0 bridgehead atoms. The third-order valence-corrected chi connectivity index (χ3v) is 3.05. The van der Waals surface area contributed by atoms with E-state index >= 15 is 0 Å². The summed E-state index contributed by atoms with van der Waals surface area (Å²) in [6.45, 7) is 1.86. The van der Waals surface area contributed by atoms with Crippen LogP contribution in [0.25, 0.3) is 0 Å². The number of hydrogen-bond acceptors (Lipinski definition) is 4. The first-order valence-corrected chi connectivity index (χ1v) is 6.18. The molecule has 20 heavy (non-hydrogen) atoms. The van der Waals surface area contributed by atoms with Crippen LogP contribution in [0.3, 0.4) is 0 Å². The highest BCUT2D eigenvalue weighted by Crippen LogP contribution is 2.29. The van der Waals surface area contributed by atoms with Crippen LogP contribution in [-0.2, 0) is 6.61 Å². The van der Waals surface area contributed by atoms with Gasteiger partial charge in [0.2, 0.25) is 5.76 Å². The molecule has 0 saturated carbocycles. The quantitative estimate of drug-likeness (QED) is 0.914. The fourth-order valence-electron chi connectivity index (χ4n) is 1.65. The van der Waals surface area contributed by atoms with Crippen LogP contribution >= 0.6 is 11.6 Å². The zero-order valence-corrected chi connectivity index (χ0v) is 11.7. The molecule has 0 spiro atoms. The summed E-state index contributed by atoms with van der Waals surface area (Å²) >= 11 is 6.05. The number of ether oxygens (including phenoxy) is 2. The zero-order valence-electron chi connectivity index (χ0n) is 11.0. The van der Waals surface area contributed by atoms with Crippen LogP contribution in [0.4, 0.5) is 0 Å². The van der Waals surface area contributed by atoms with Crippen molar-refractivity contribution >= 4 is 17.6 Å². The van der Waals surface area contributed by atoms with Gasteiger partial charge in [-0.05, 0) is 25.1 Å². The Bertz CT molecular complexity index is 632. The second kappa shape index (κ2) is 5.88. The van der Waals surface area contributed by atoms with Crippen LogP contribution in [-0.4, -0.2) is 18.2 Å². The van der Waals surface area contributed by atoms with E-state index < -0.39 is 5.97 Å². The maximum Gasteiger partial charge on any atom is 0.371 e. The Morgan fingerprint density at radius 3 is 2.70 bits per heavy atom. The largest absolute Gasteiger partial charge is 0.497 e. The highest BCUT2D eigenvalue weighted by atomic mass is 35.5. The SMILES string of the molecule is COc1ccc(OCc2cc(C(=O)O)oc2C)c(Cl)c1. The second-order valence-electron chi connectivity index (χ2n) is 4.08. The van der Waals surface area contributed by atoms with Gasteiger partial charge in [-0.1, -0.05) is 11.6 Å². The molecule has 2 aromatic rings. The Balaban J connectivity index is 2.10. The van der Waals surface area contributed by atoms with Crippen molar-refractivity contribution in [2.24, 2.45) is 0 Å². The number of halogens is 1. The molecular weight excluding hydrogens is 284 g/mol. The van der Waals surface area contributed by atoms with Gasteiger partial charge in [-0.15, -0.1) is 0 Å². The van der Waals surface area contributed by atoms with E-state index in [1.807, 2.05) is 0 Å². The molecule has 1 heterocycles. The van der Waals surface area contributed by atoms with Gasteiger partial charge in [-0.3, -0.25) is 0 Å². The monoisotopic (exact) mass is 296 g/mol. The van der Waals surface area contributed by atoms with Crippen molar-refractivity contribution < 1.29 is 23.8 Å². The molecule has 0 amide bonds. The maximum absolute atomic E-state index is 10.8. The van der Waals surface area contributed by atoms with Crippen LogP contribution in [0.2, 0.25) is 5.02 Å². The van der Waals surface area contributed by atoms with E-state index in [1.165, 1.54) is 6.07 Å². The van der Waals surface area contributed by atoms with Crippen molar-refractivity contribution in [1.29, 1.82) is 0 Å². The number of carboxylic acids is 1. The summed E-state index contributed by atoms with van der Waals surface area (Å²) in [7, 11) is 1.55. The molecular formula is C14H13ClO5. The van der Waals surface area contributed by atoms with E-state index in [1.54, 1.807) is 32.2 Å². The van der Waals surface area contributed by atoms with Gasteiger partial charge in [0.05, 0.1) is 12.1 Å². The van der Waals surface area contributed by atoms with Gasteiger partial charge in [0.1, 0.15) is 23.9 Å². The molecule has 0 unspecified atom stereocenters. The maximum atomic E-state index is 10.8. The Labute approximate surface area is 120 Å². The highest BCUT2D eigenvalue weighted by Gasteiger charge is 2.14. The third-order valence-electron chi connectivity index (χ3n) is 2.75. The highest BCUT2D eigenvalue weighted by molar-refractivity contribution is 6.32. The molecule has 106 valence electrons. The summed E-state index contributed by atoms with van der Waals surface area (Å²) in [6, 6.07) is 6.50. The lowest BCUT2D eigenvalue weighted by Gasteiger charge is -2.08. The van der Waals surface area contributed by atoms with Gasteiger partial charge in [0, 0.05) is 11.6 Å². The molecule has 1 N–H and O–H groups in total. The van der Waals surface area contributed by atoms with E-state index in [-0.39, 0.29) is 12.4 Å². The van der Waals surface area contributed by atoms with Crippen molar-refractivity contribution in [3.05, 3.63) is 46.4 Å². The predicted molar refractivity (Wildman–Crippen MR) is 72.7 cm³/mol. The van der Waals surface area contributed by atoms with Gasteiger partial charge in [0.25, 0.3) is 0 Å². The van der Waals surface area contributed by atoms with E-state index in [2.05, 4.69) is 0 Å². The first-order chi connectivity index (χ1) is 9.51. The number of carboxylic acid groups (broad SMARTS) is 1. The average molecular weight is 297 g/mol. The number of benzene rings is 1. The summed E-state index contributed by atoms with van der Waals surface area (Å²) in [5, 5.41) is 9.26. The Hall–Kier alpha value is -2.14. The Morgan fingerprint density at radius 1 is 1.40 bits per heavy atom. The van der Waals surface area contributed by atoms with Crippen molar-refractivity contribution in [2.75, 3.05) is 7.11 Å². The Kier molecular flexibility index (Phi) is 4.20. The molecule has 0 radical (unpaired) electrons. The summed E-state index contributed by atoms with van der Waals surface area (Å²) in [5.41, 5.74) is 0.661.